The number of nitrogens with zero attached hydrogens (tertiary/aromatic N) is 3. The highest BCUT2D eigenvalue weighted by molar-refractivity contribution is 6.30. The number of anilines is 2. The van der Waals surface area contributed by atoms with E-state index >= 15 is 0 Å². The van der Waals surface area contributed by atoms with Crippen LogP contribution >= 0.6 is 11.6 Å². The Labute approximate surface area is 174 Å². The lowest BCUT2D eigenvalue weighted by Crippen LogP contribution is -2.52. The minimum atomic E-state index is -0.704. The molecule has 0 radical (unpaired) electrons. The molecule has 2 aromatic carbocycles. The van der Waals surface area contributed by atoms with Gasteiger partial charge in [-0.05, 0) is 36.4 Å². The molecule has 2 aromatic rings. The smallest absolute Gasteiger partial charge is 0.252 e. The van der Waals surface area contributed by atoms with Gasteiger partial charge in [0.25, 0.3) is 5.91 Å². The summed E-state index contributed by atoms with van der Waals surface area (Å²) in [6.07, 6.45) is 0.00192. The van der Waals surface area contributed by atoms with E-state index in [4.69, 9.17) is 11.6 Å². The van der Waals surface area contributed by atoms with Crippen LogP contribution in [0.2, 0.25) is 5.02 Å². The number of piperazine rings is 1. The van der Waals surface area contributed by atoms with Crippen LogP contribution in [0.1, 0.15) is 6.42 Å². The maximum absolute atomic E-state index is 12.3. The Bertz CT molecular complexity index is 908. The van der Waals surface area contributed by atoms with Crippen molar-refractivity contribution in [2.75, 3.05) is 36.4 Å². The number of benzene rings is 2. The van der Waals surface area contributed by atoms with Crippen molar-refractivity contribution in [3.8, 4) is 0 Å². The van der Waals surface area contributed by atoms with E-state index in [2.05, 4.69) is 37.6 Å². The summed E-state index contributed by atoms with van der Waals surface area (Å²) in [6.45, 7) is 3.22. The molecule has 4 rings (SSSR count). The summed E-state index contributed by atoms with van der Waals surface area (Å²) >= 11 is 5.85. The fraction of sp³-hybridized carbons (Fsp3) is 0.286. The van der Waals surface area contributed by atoms with E-state index in [-0.39, 0.29) is 18.2 Å². The molecule has 0 saturated carbocycles. The molecule has 2 heterocycles. The highest BCUT2D eigenvalue weighted by atomic mass is 35.5. The minimum absolute atomic E-state index is 0.00192. The molecule has 2 amide bonds. The summed E-state index contributed by atoms with van der Waals surface area (Å²) in [7, 11) is 0. The fourth-order valence-electron chi connectivity index (χ4n) is 3.47. The van der Waals surface area contributed by atoms with Gasteiger partial charge in [0.05, 0.1) is 6.42 Å². The van der Waals surface area contributed by atoms with E-state index in [0.717, 1.165) is 26.2 Å². The van der Waals surface area contributed by atoms with Crippen molar-refractivity contribution < 1.29 is 9.59 Å². The molecule has 1 fully saturated rings. The van der Waals surface area contributed by atoms with Crippen molar-refractivity contribution in [2.24, 2.45) is 4.99 Å². The number of guanidine groups is 1. The molecule has 29 heavy (non-hydrogen) atoms. The normalized spacial score (nSPS) is 19.0. The van der Waals surface area contributed by atoms with Gasteiger partial charge in [-0.3, -0.25) is 14.9 Å². The van der Waals surface area contributed by atoms with Crippen LogP contribution in [0.4, 0.5) is 11.4 Å². The third-order valence-corrected chi connectivity index (χ3v) is 5.28. The van der Waals surface area contributed by atoms with E-state index in [1.54, 1.807) is 24.3 Å². The number of hydrogen-bond acceptors (Lipinski definition) is 5. The molecular formula is C21H22ClN5O2. The van der Waals surface area contributed by atoms with Gasteiger partial charge in [-0.2, -0.15) is 0 Å². The molecule has 0 aromatic heterocycles. The lowest BCUT2D eigenvalue weighted by atomic mass is 10.2. The molecule has 7 nitrogen and oxygen atoms in total. The first kappa shape index (κ1) is 19.3. The van der Waals surface area contributed by atoms with Crippen molar-refractivity contribution in [1.29, 1.82) is 0 Å². The summed E-state index contributed by atoms with van der Waals surface area (Å²) in [5.74, 6) is 0.0649. The van der Waals surface area contributed by atoms with Crippen molar-refractivity contribution in [2.45, 2.75) is 12.5 Å². The molecule has 0 bridgehead atoms. The third kappa shape index (κ3) is 4.68. The fourth-order valence-corrected chi connectivity index (χ4v) is 3.59. The quantitative estimate of drug-likeness (QED) is 0.809. The summed E-state index contributed by atoms with van der Waals surface area (Å²) in [5, 5.41) is 6.19. The number of hydrogen-bond donors (Lipinski definition) is 2. The Morgan fingerprint density at radius 1 is 1.03 bits per heavy atom. The molecule has 2 aliphatic rings. The summed E-state index contributed by atoms with van der Waals surface area (Å²) in [4.78, 5) is 33.4. The van der Waals surface area contributed by atoms with Crippen molar-refractivity contribution in [3.63, 3.8) is 0 Å². The number of aliphatic imine (C=N–C) groups is 1. The third-order valence-electron chi connectivity index (χ3n) is 5.02. The molecule has 0 spiro atoms. The number of rotatable bonds is 4. The summed E-state index contributed by atoms with van der Waals surface area (Å²) in [5.41, 5.74) is 1.83. The van der Waals surface area contributed by atoms with E-state index in [0.29, 0.717) is 16.7 Å². The number of para-hydroxylation sites is 1. The van der Waals surface area contributed by atoms with E-state index < -0.39 is 6.04 Å². The highest BCUT2D eigenvalue weighted by Crippen LogP contribution is 2.18. The Morgan fingerprint density at radius 2 is 1.69 bits per heavy atom. The molecule has 0 aliphatic carbocycles. The average Bonchev–Trinajstić information content (AvgIpc) is 3.10. The second-order valence-corrected chi connectivity index (χ2v) is 7.46. The van der Waals surface area contributed by atoms with Crippen molar-refractivity contribution in [1.82, 2.24) is 10.2 Å². The first-order valence-electron chi connectivity index (χ1n) is 9.57. The van der Waals surface area contributed by atoms with Crippen LogP contribution in [-0.2, 0) is 9.59 Å². The SMILES string of the molecule is O=C(CC1N=C(N2CCN(c3ccccc3)CC2)NC1=O)Nc1ccc(Cl)cc1. The van der Waals surface area contributed by atoms with Gasteiger partial charge in [-0.15, -0.1) is 0 Å². The van der Waals surface area contributed by atoms with Crippen LogP contribution in [0.25, 0.3) is 0 Å². The van der Waals surface area contributed by atoms with Crippen LogP contribution in [0.3, 0.4) is 0 Å². The molecule has 8 heteroatoms. The number of carbonyl (C=O) groups is 2. The Morgan fingerprint density at radius 3 is 2.38 bits per heavy atom. The zero-order valence-electron chi connectivity index (χ0n) is 15.8. The zero-order valence-corrected chi connectivity index (χ0v) is 16.6. The first-order valence-corrected chi connectivity index (χ1v) is 9.95. The van der Waals surface area contributed by atoms with E-state index in [9.17, 15) is 9.59 Å². The van der Waals surface area contributed by atoms with Crippen molar-refractivity contribution in [3.05, 3.63) is 59.6 Å². The number of halogens is 1. The lowest BCUT2D eigenvalue weighted by Gasteiger charge is -2.36. The average molecular weight is 412 g/mol. The van der Waals surface area contributed by atoms with Gasteiger partial charge in [0, 0.05) is 42.6 Å². The molecule has 1 unspecified atom stereocenters. The molecule has 2 N–H and O–H groups in total. The predicted octanol–water partition coefficient (Wildman–Crippen LogP) is 2.35. The minimum Gasteiger partial charge on any atom is -0.368 e. The van der Waals surface area contributed by atoms with Crippen LogP contribution in [-0.4, -0.2) is 54.9 Å². The van der Waals surface area contributed by atoms with E-state index in [1.807, 2.05) is 18.2 Å². The van der Waals surface area contributed by atoms with Gasteiger partial charge in [-0.1, -0.05) is 29.8 Å². The van der Waals surface area contributed by atoms with Gasteiger partial charge < -0.3 is 15.1 Å². The summed E-state index contributed by atoms with van der Waals surface area (Å²) < 4.78 is 0. The van der Waals surface area contributed by atoms with Crippen LogP contribution < -0.4 is 15.5 Å². The topological polar surface area (TPSA) is 77.0 Å². The molecule has 1 atom stereocenters. The number of nitrogens with one attached hydrogen (secondary N) is 2. The zero-order chi connectivity index (χ0) is 20.2. The molecule has 2 aliphatic heterocycles. The molecule has 1 saturated heterocycles. The van der Waals surface area contributed by atoms with Crippen LogP contribution in [0.5, 0.6) is 0 Å². The Hall–Kier alpha value is -3.06. The monoisotopic (exact) mass is 411 g/mol. The van der Waals surface area contributed by atoms with Gasteiger partial charge in [0.1, 0.15) is 6.04 Å². The maximum Gasteiger partial charge on any atom is 0.252 e. The number of carbonyl (C=O) groups excluding carboxylic acids is 2. The molecule has 150 valence electrons. The Balaban J connectivity index is 1.32. The largest absolute Gasteiger partial charge is 0.368 e. The molecular weight excluding hydrogens is 390 g/mol. The standard InChI is InChI=1S/C21H22ClN5O2/c22-15-6-8-16(9-7-15)23-19(28)14-18-20(29)25-21(24-18)27-12-10-26(11-13-27)17-4-2-1-3-5-17/h1-9,18H,10-14H2,(H,23,28)(H,24,25,29). The lowest BCUT2D eigenvalue weighted by molar-refractivity contribution is -0.123. The second-order valence-electron chi connectivity index (χ2n) is 7.03. The highest BCUT2D eigenvalue weighted by Gasteiger charge is 2.32. The maximum atomic E-state index is 12.3. The van der Waals surface area contributed by atoms with Crippen LogP contribution in [0.15, 0.2) is 59.6 Å². The van der Waals surface area contributed by atoms with Gasteiger partial charge >= 0.3 is 0 Å². The van der Waals surface area contributed by atoms with Crippen LogP contribution in [0, 0.1) is 0 Å². The first-order chi connectivity index (χ1) is 14.1. The summed E-state index contributed by atoms with van der Waals surface area (Å²) in [6, 6.07) is 16.4. The Kier molecular flexibility index (Phi) is 5.67. The van der Waals surface area contributed by atoms with Gasteiger partial charge in [-0.25, -0.2) is 4.99 Å². The van der Waals surface area contributed by atoms with Gasteiger partial charge in [0.2, 0.25) is 11.9 Å². The van der Waals surface area contributed by atoms with Crippen molar-refractivity contribution >= 4 is 40.7 Å². The van der Waals surface area contributed by atoms with Gasteiger partial charge in [0.15, 0.2) is 0 Å². The second kappa shape index (κ2) is 8.53. The predicted molar refractivity (Wildman–Crippen MR) is 114 cm³/mol. The number of amides is 2. The van der Waals surface area contributed by atoms with E-state index in [1.165, 1.54) is 5.69 Å².